The standard InChI is InChI=1S/C15H23NO3/c1-17-11-8-16-7-2-4-13-5-6-14-15(12-13)19-10-3-9-18-14/h5-6,12,16H,2-4,7-11H2,1H3. The summed E-state index contributed by atoms with van der Waals surface area (Å²) in [5.74, 6) is 1.77. The van der Waals surface area contributed by atoms with Gasteiger partial charge in [-0.2, -0.15) is 0 Å². The Bertz CT molecular complexity index is 382. The van der Waals surface area contributed by atoms with E-state index in [2.05, 4.69) is 17.4 Å². The van der Waals surface area contributed by atoms with Crippen molar-refractivity contribution in [2.75, 3.05) is 40.0 Å². The second kappa shape index (κ2) is 8.02. The Labute approximate surface area is 115 Å². The van der Waals surface area contributed by atoms with Gasteiger partial charge in [-0.1, -0.05) is 6.07 Å². The number of aryl methyl sites for hydroxylation is 1. The third-order valence-electron chi connectivity index (χ3n) is 3.11. The van der Waals surface area contributed by atoms with E-state index < -0.39 is 0 Å². The first kappa shape index (κ1) is 14.2. The van der Waals surface area contributed by atoms with Gasteiger partial charge in [-0.05, 0) is 37.1 Å². The summed E-state index contributed by atoms with van der Waals surface area (Å²) in [7, 11) is 1.72. The van der Waals surface area contributed by atoms with Crippen LogP contribution in [-0.2, 0) is 11.2 Å². The molecule has 0 saturated heterocycles. The molecule has 1 aliphatic rings. The molecule has 1 heterocycles. The van der Waals surface area contributed by atoms with E-state index in [1.807, 2.05) is 6.07 Å². The maximum absolute atomic E-state index is 5.69. The van der Waals surface area contributed by atoms with Crippen molar-refractivity contribution < 1.29 is 14.2 Å². The molecule has 0 amide bonds. The predicted octanol–water partition coefficient (Wildman–Crippen LogP) is 2.02. The van der Waals surface area contributed by atoms with Crippen molar-refractivity contribution in [1.29, 1.82) is 0 Å². The van der Waals surface area contributed by atoms with Gasteiger partial charge in [0.2, 0.25) is 0 Å². The molecule has 4 heteroatoms. The van der Waals surface area contributed by atoms with E-state index in [0.29, 0.717) is 0 Å². The zero-order valence-corrected chi connectivity index (χ0v) is 11.6. The monoisotopic (exact) mass is 265 g/mol. The lowest BCUT2D eigenvalue weighted by Gasteiger charge is -2.09. The summed E-state index contributed by atoms with van der Waals surface area (Å²) in [5, 5.41) is 3.35. The Morgan fingerprint density at radius 2 is 2.00 bits per heavy atom. The van der Waals surface area contributed by atoms with Crippen LogP contribution in [0.25, 0.3) is 0 Å². The van der Waals surface area contributed by atoms with Gasteiger partial charge in [-0.3, -0.25) is 0 Å². The Kier molecular flexibility index (Phi) is 5.98. The summed E-state index contributed by atoms with van der Waals surface area (Å²) in [6, 6.07) is 6.26. The van der Waals surface area contributed by atoms with E-state index in [-0.39, 0.29) is 0 Å². The molecule has 0 bridgehead atoms. The Hall–Kier alpha value is -1.26. The van der Waals surface area contributed by atoms with Gasteiger partial charge in [-0.25, -0.2) is 0 Å². The van der Waals surface area contributed by atoms with Crippen molar-refractivity contribution >= 4 is 0 Å². The molecule has 0 radical (unpaired) electrons. The summed E-state index contributed by atoms with van der Waals surface area (Å²) < 4.78 is 16.3. The third kappa shape index (κ3) is 4.73. The number of rotatable bonds is 7. The number of hydrogen-bond donors (Lipinski definition) is 1. The molecular formula is C15H23NO3. The van der Waals surface area contributed by atoms with Crippen LogP contribution in [0.2, 0.25) is 0 Å². The van der Waals surface area contributed by atoms with E-state index in [1.165, 1.54) is 5.56 Å². The minimum Gasteiger partial charge on any atom is -0.490 e. The molecule has 0 aliphatic carbocycles. The van der Waals surface area contributed by atoms with E-state index in [0.717, 1.165) is 63.7 Å². The van der Waals surface area contributed by atoms with Crippen LogP contribution in [-0.4, -0.2) is 40.0 Å². The fourth-order valence-electron chi connectivity index (χ4n) is 2.08. The topological polar surface area (TPSA) is 39.7 Å². The molecule has 2 rings (SSSR count). The van der Waals surface area contributed by atoms with Crippen LogP contribution >= 0.6 is 0 Å². The van der Waals surface area contributed by atoms with Gasteiger partial charge in [0.15, 0.2) is 11.5 Å². The lowest BCUT2D eigenvalue weighted by atomic mass is 10.1. The van der Waals surface area contributed by atoms with Crippen molar-refractivity contribution in [2.24, 2.45) is 0 Å². The van der Waals surface area contributed by atoms with Gasteiger partial charge in [0.25, 0.3) is 0 Å². The lowest BCUT2D eigenvalue weighted by molar-refractivity contribution is 0.199. The SMILES string of the molecule is COCCNCCCc1ccc2c(c1)OCCCO2. The lowest BCUT2D eigenvalue weighted by Crippen LogP contribution is -2.20. The molecule has 0 atom stereocenters. The highest BCUT2D eigenvalue weighted by Crippen LogP contribution is 2.30. The van der Waals surface area contributed by atoms with Crippen LogP contribution in [0.1, 0.15) is 18.4 Å². The number of ether oxygens (including phenoxy) is 3. The number of nitrogens with one attached hydrogen (secondary N) is 1. The van der Waals surface area contributed by atoms with Gasteiger partial charge in [-0.15, -0.1) is 0 Å². The number of hydrogen-bond acceptors (Lipinski definition) is 4. The highest BCUT2D eigenvalue weighted by atomic mass is 16.5. The van der Waals surface area contributed by atoms with E-state index >= 15 is 0 Å². The largest absolute Gasteiger partial charge is 0.490 e. The second-order valence-corrected chi connectivity index (χ2v) is 4.68. The summed E-state index contributed by atoms with van der Waals surface area (Å²) in [6.45, 7) is 4.18. The quantitative estimate of drug-likeness (QED) is 0.766. The molecule has 106 valence electrons. The maximum Gasteiger partial charge on any atom is 0.161 e. The van der Waals surface area contributed by atoms with Gasteiger partial charge < -0.3 is 19.5 Å². The average Bonchev–Trinajstić information content (AvgIpc) is 2.67. The molecule has 0 unspecified atom stereocenters. The summed E-state index contributed by atoms with van der Waals surface area (Å²) in [4.78, 5) is 0. The van der Waals surface area contributed by atoms with E-state index in [9.17, 15) is 0 Å². The van der Waals surface area contributed by atoms with Crippen LogP contribution in [0.5, 0.6) is 11.5 Å². The minimum absolute atomic E-state index is 0.745. The van der Waals surface area contributed by atoms with Crippen molar-refractivity contribution in [3.8, 4) is 11.5 Å². The second-order valence-electron chi connectivity index (χ2n) is 4.68. The zero-order valence-electron chi connectivity index (χ0n) is 11.6. The number of fused-ring (bicyclic) bond motifs is 1. The first-order valence-corrected chi connectivity index (χ1v) is 6.98. The molecule has 4 nitrogen and oxygen atoms in total. The predicted molar refractivity (Wildman–Crippen MR) is 75.1 cm³/mol. The number of benzene rings is 1. The van der Waals surface area contributed by atoms with Crippen LogP contribution in [0.15, 0.2) is 18.2 Å². The highest BCUT2D eigenvalue weighted by molar-refractivity contribution is 5.43. The van der Waals surface area contributed by atoms with Gasteiger partial charge in [0, 0.05) is 20.1 Å². The summed E-state index contributed by atoms with van der Waals surface area (Å²) >= 11 is 0. The fraction of sp³-hybridized carbons (Fsp3) is 0.600. The van der Waals surface area contributed by atoms with Crippen molar-refractivity contribution in [3.05, 3.63) is 23.8 Å². The Morgan fingerprint density at radius 1 is 1.16 bits per heavy atom. The van der Waals surface area contributed by atoms with Gasteiger partial charge >= 0.3 is 0 Å². The average molecular weight is 265 g/mol. The molecule has 1 N–H and O–H groups in total. The molecule has 0 fully saturated rings. The molecular weight excluding hydrogens is 242 g/mol. The molecule has 1 aliphatic heterocycles. The van der Waals surface area contributed by atoms with Crippen molar-refractivity contribution in [3.63, 3.8) is 0 Å². The summed E-state index contributed by atoms with van der Waals surface area (Å²) in [6.07, 6.45) is 3.12. The smallest absolute Gasteiger partial charge is 0.161 e. The van der Waals surface area contributed by atoms with Gasteiger partial charge in [0.05, 0.1) is 19.8 Å². The molecule has 1 aromatic carbocycles. The van der Waals surface area contributed by atoms with Crippen LogP contribution in [0, 0.1) is 0 Å². The third-order valence-corrected chi connectivity index (χ3v) is 3.11. The first-order chi connectivity index (χ1) is 9.40. The molecule has 0 spiro atoms. The minimum atomic E-state index is 0.745. The van der Waals surface area contributed by atoms with Crippen molar-refractivity contribution in [2.45, 2.75) is 19.3 Å². The molecule has 1 aromatic rings. The number of methoxy groups -OCH3 is 1. The first-order valence-electron chi connectivity index (χ1n) is 6.98. The fourth-order valence-corrected chi connectivity index (χ4v) is 2.08. The highest BCUT2D eigenvalue weighted by Gasteiger charge is 2.10. The Morgan fingerprint density at radius 3 is 2.84 bits per heavy atom. The molecule has 0 aromatic heterocycles. The van der Waals surface area contributed by atoms with Crippen LogP contribution in [0.4, 0.5) is 0 Å². The van der Waals surface area contributed by atoms with E-state index in [1.54, 1.807) is 7.11 Å². The molecule has 0 saturated carbocycles. The maximum atomic E-state index is 5.69. The molecule has 19 heavy (non-hydrogen) atoms. The Balaban J connectivity index is 1.76. The summed E-state index contributed by atoms with van der Waals surface area (Å²) in [5.41, 5.74) is 1.30. The van der Waals surface area contributed by atoms with Gasteiger partial charge in [0.1, 0.15) is 0 Å². The zero-order chi connectivity index (χ0) is 13.3. The normalized spacial score (nSPS) is 14.2. The van der Waals surface area contributed by atoms with Crippen LogP contribution in [0.3, 0.4) is 0 Å². The van der Waals surface area contributed by atoms with Crippen LogP contribution < -0.4 is 14.8 Å². The van der Waals surface area contributed by atoms with E-state index in [4.69, 9.17) is 14.2 Å². The van der Waals surface area contributed by atoms with Crippen molar-refractivity contribution in [1.82, 2.24) is 5.32 Å².